The maximum atomic E-state index is 12.4. The van der Waals surface area contributed by atoms with Gasteiger partial charge in [-0.3, -0.25) is 4.79 Å². The zero-order chi connectivity index (χ0) is 12.8. The van der Waals surface area contributed by atoms with Crippen molar-refractivity contribution in [2.75, 3.05) is 41.3 Å². The lowest BCUT2D eigenvalue weighted by atomic mass is 9.97. The maximum Gasteiger partial charge on any atom is 0.168 e. The number of hydrogen-bond acceptors (Lipinski definition) is 3. The minimum absolute atomic E-state index is 0.0300. The second-order valence-corrected chi connectivity index (χ2v) is 4.95. The van der Waals surface area contributed by atoms with E-state index in [-0.39, 0.29) is 11.7 Å². The predicted molar refractivity (Wildman–Crippen MR) is 71.4 cm³/mol. The van der Waals surface area contributed by atoms with Crippen LogP contribution < -0.4 is 0 Å². The average molecular weight is 234 g/mol. The van der Waals surface area contributed by atoms with Crippen LogP contribution in [0.1, 0.15) is 10.4 Å². The molecule has 1 rings (SSSR count). The summed E-state index contributed by atoms with van der Waals surface area (Å²) >= 11 is 0. The van der Waals surface area contributed by atoms with Crippen molar-refractivity contribution in [1.29, 1.82) is 0 Å². The van der Waals surface area contributed by atoms with Crippen LogP contribution in [0.15, 0.2) is 30.3 Å². The third-order valence-electron chi connectivity index (χ3n) is 2.60. The van der Waals surface area contributed by atoms with Gasteiger partial charge in [0.15, 0.2) is 5.78 Å². The van der Waals surface area contributed by atoms with Gasteiger partial charge in [-0.1, -0.05) is 30.3 Å². The zero-order valence-corrected chi connectivity index (χ0v) is 11.2. The molecule has 0 spiro atoms. The number of carbonyl (C=O) groups is 1. The largest absolute Gasteiger partial charge is 0.309 e. The number of hydrogen-bond donors (Lipinski definition) is 0. The maximum absolute atomic E-state index is 12.4. The third-order valence-corrected chi connectivity index (χ3v) is 2.60. The SMILES string of the molecule is CN(C)CC(CN(C)C)C(=O)c1ccccc1. The van der Waals surface area contributed by atoms with Gasteiger partial charge in [0.2, 0.25) is 0 Å². The normalized spacial score (nSPS) is 11.5. The molecular formula is C14H22N2O. The second-order valence-electron chi connectivity index (χ2n) is 4.95. The summed E-state index contributed by atoms with van der Waals surface area (Å²) in [4.78, 5) is 16.5. The highest BCUT2D eigenvalue weighted by Gasteiger charge is 2.21. The molecule has 17 heavy (non-hydrogen) atoms. The molecule has 0 saturated heterocycles. The van der Waals surface area contributed by atoms with Crippen LogP contribution in [0.3, 0.4) is 0 Å². The number of carbonyl (C=O) groups excluding carboxylic acids is 1. The Morgan fingerprint density at radius 2 is 1.47 bits per heavy atom. The monoisotopic (exact) mass is 234 g/mol. The number of nitrogens with zero attached hydrogens (tertiary/aromatic N) is 2. The molecule has 3 nitrogen and oxygen atoms in total. The number of Topliss-reactive ketones (excluding diaryl/α,β-unsaturated/α-hetero) is 1. The molecule has 0 amide bonds. The Labute approximate surface area is 104 Å². The van der Waals surface area contributed by atoms with Gasteiger partial charge in [0.25, 0.3) is 0 Å². The summed E-state index contributed by atoms with van der Waals surface area (Å²) < 4.78 is 0. The molecule has 0 fully saturated rings. The molecule has 0 bridgehead atoms. The van der Waals surface area contributed by atoms with Gasteiger partial charge in [-0.15, -0.1) is 0 Å². The van der Waals surface area contributed by atoms with Gasteiger partial charge < -0.3 is 9.80 Å². The van der Waals surface area contributed by atoms with E-state index in [9.17, 15) is 4.79 Å². The summed E-state index contributed by atoms with van der Waals surface area (Å²) in [7, 11) is 8.00. The van der Waals surface area contributed by atoms with Gasteiger partial charge in [0, 0.05) is 24.6 Å². The first-order valence-electron chi connectivity index (χ1n) is 5.89. The van der Waals surface area contributed by atoms with Gasteiger partial charge in [-0.05, 0) is 28.2 Å². The highest BCUT2D eigenvalue weighted by atomic mass is 16.1. The average Bonchev–Trinajstić information content (AvgIpc) is 2.27. The molecule has 94 valence electrons. The highest BCUT2D eigenvalue weighted by molar-refractivity contribution is 5.98. The lowest BCUT2D eigenvalue weighted by molar-refractivity contribution is 0.0871. The molecule has 0 atom stereocenters. The molecule has 0 saturated carbocycles. The van der Waals surface area contributed by atoms with Crippen molar-refractivity contribution >= 4 is 5.78 Å². The van der Waals surface area contributed by atoms with E-state index in [0.29, 0.717) is 0 Å². The second kappa shape index (κ2) is 6.52. The first-order valence-corrected chi connectivity index (χ1v) is 5.89. The van der Waals surface area contributed by atoms with Crippen LogP contribution in [0.5, 0.6) is 0 Å². The summed E-state index contributed by atoms with van der Waals surface area (Å²) in [5, 5.41) is 0. The van der Waals surface area contributed by atoms with E-state index in [1.807, 2.05) is 58.5 Å². The number of rotatable bonds is 6. The predicted octanol–water partition coefficient (Wildman–Crippen LogP) is 1.61. The Bertz CT molecular complexity index is 336. The van der Waals surface area contributed by atoms with Crippen molar-refractivity contribution < 1.29 is 4.79 Å². The molecule has 0 aliphatic rings. The van der Waals surface area contributed by atoms with E-state index in [0.717, 1.165) is 18.7 Å². The summed E-state index contributed by atoms with van der Waals surface area (Å²) in [5.41, 5.74) is 0.807. The van der Waals surface area contributed by atoms with E-state index < -0.39 is 0 Å². The molecule has 1 aromatic carbocycles. The molecular weight excluding hydrogens is 212 g/mol. The Morgan fingerprint density at radius 1 is 1.00 bits per heavy atom. The number of benzene rings is 1. The quantitative estimate of drug-likeness (QED) is 0.699. The fourth-order valence-electron chi connectivity index (χ4n) is 1.94. The Hall–Kier alpha value is -1.19. The van der Waals surface area contributed by atoms with Crippen molar-refractivity contribution in [2.24, 2.45) is 5.92 Å². The van der Waals surface area contributed by atoms with E-state index in [2.05, 4.69) is 9.80 Å². The molecule has 0 unspecified atom stereocenters. The summed E-state index contributed by atoms with van der Waals surface area (Å²) in [6.07, 6.45) is 0. The molecule has 0 N–H and O–H groups in total. The Kier molecular flexibility index (Phi) is 5.32. The fraction of sp³-hybridized carbons (Fsp3) is 0.500. The Morgan fingerprint density at radius 3 is 1.88 bits per heavy atom. The van der Waals surface area contributed by atoms with Gasteiger partial charge in [0.1, 0.15) is 0 Å². The number of ketones is 1. The molecule has 0 heterocycles. The standard InChI is InChI=1S/C14H22N2O/c1-15(2)10-13(11-16(3)4)14(17)12-8-6-5-7-9-12/h5-9,13H,10-11H2,1-4H3. The van der Waals surface area contributed by atoms with Gasteiger partial charge >= 0.3 is 0 Å². The fourth-order valence-corrected chi connectivity index (χ4v) is 1.94. The van der Waals surface area contributed by atoms with Gasteiger partial charge in [-0.25, -0.2) is 0 Å². The van der Waals surface area contributed by atoms with Crippen molar-refractivity contribution in [1.82, 2.24) is 9.80 Å². The van der Waals surface area contributed by atoms with Gasteiger partial charge in [0.05, 0.1) is 0 Å². The molecule has 1 aromatic rings. The van der Waals surface area contributed by atoms with Crippen molar-refractivity contribution in [2.45, 2.75) is 0 Å². The smallest absolute Gasteiger partial charge is 0.168 e. The van der Waals surface area contributed by atoms with E-state index in [4.69, 9.17) is 0 Å². The molecule has 0 aliphatic heterocycles. The minimum atomic E-state index is 0.0300. The minimum Gasteiger partial charge on any atom is -0.309 e. The zero-order valence-electron chi connectivity index (χ0n) is 11.2. The van der Waals surface area contributed by atoms with E-state index in [1.54, 1.807) is 0 Å². The molecule has 0 aliphatic carbocycles. The van der Waals surface area contributed by atoms with Crippen LogP contribution in [-0.4, -0.2) is 56.9 Å². The van der Waals surface area contributed by atoms with Crippen molar-refractivity contribution in [3.8, 4) is 0 Å². The van der Waals surface area contributed by atoms with Crippen LogP contribution in [0.25, 0.3) is 0 Å². The van der Waals surface area contributed by atoms with Crippen LogP contribution in [0.2, 0.25) is 0 Å². The topological polar surface area (TPSA) is 23.6 Å². The van der Waals surface area contributed by atoms with E-state index >= 15 is 0 Å². The van der Waals surface area contributed by atoms with Crippen LogP contribution >= 0.6 is 0 Å². The lowest BCUT2D eigenvalue weighted by Gasteiger charge is -2.23. The highest BCUT2D eigenvalue weighted by Crippen LogP contribution is 2.11. The summed E-state index contributed by atoms with van der Waals surface area (Å²) in [5.74, 6) is 0.260. The molecule has 0 aromatic heterocycles. The first-order chi connectivity index (χ1) is 8.00. The third kappa shape index (κ3) is 4.67. The molecule has 0 radical (unpaired) electrons. The van der Waals surface area contributed by atoms with Crippen LogP contribution in [-0.2, 0) is 0 Å². The molecule has 3 heteroatoms. The van der Waals surface area contributed by atoms with Gasteiger partial charge in [-0.2, -0.15) is 0 Å². The Balaban J connectivity index is 2.79. The summed E-state index contributed by atoms with van der Waals surface area (Å²) in [6, 6.07) is 9.54. The van der Waals surface area contributed by atoms with Crippen molar-refractivity contribution in [3.63, 3.8) is 0 Å². The first kappa shape index (κ1) is 13.9. The van der Waals surface area contributed by atoms with Crippen LogP contribution in [0.4, 0.5) is 0 Å². The lowest BCUT2D eigenvalue weighted by Crippen LogP contribution is -2.35. The van der Waals surface area contributed by atoms with E-state index in [1.165, 1.54) is 0 Å². The van der Waals surface area contributed by atoms with Crippen molar-refractivity contribution in [3.05, 3.63) is 35.9 Å². The summed E-state index contributed by atoms with van der Waals surface area (Å²) in [6.45, 7) is 1.57. The van der Waals surface area contributed by atoms with Crippen LogP contribution in [0, 0.1) is 5.92 Å².